The van der Waals surface area contributed by atoms with E-state index >= 15 is 0 Å². The predicted molar refractivity (Wildman–Crippen MR) is 81.2 cm³/mol. The van der Waals surface area contributed by atoms with Crippen molar-refractivity contribution >= 4 is 23.2 Å². The molecule has 3 rings (SSSR count). The number of amides is 1. The minimum atomic E-state index is -0.278. The van der Waals surface area contributed by atoms with Crippen molar-refractivity contribution in [2.75, 3.05) is 5.32 Å². The molecule has 0 saturated heterocycles. The number of carbonyl (C=O) groups is 1. The maximum Gasteiger partial charge on any atom is 0.273 e. The first-order valence-electron chi connectivity index (χ1n) is 6.25. The number of benzene rings is 1. The van der Waals surface area contributed by atoms with E-state index in [9.17, 15) is 4.79 Å². The van der Waals surface area contributed by atoms with Gasteiger partial charge in [-0.15, -0.1) is 0 Å². The molecule has 0 spiro atoms. The fraction of sp³-hybridized carbons (Fsp3) is 0. The highest BCUT2D eigenvalue weighted by Crippen LogP contribution is 2.18. The number of rotatable bonds is 3. The maximum absolute atomic E-state index is 12.1. The van der Waals surface area contributed by atoms with Gasteiger partial charge in [0.1, 0.15) is 5.69 Å². The van der Waals surface area contributed by atoms with Gasteiger partial charge in [0.25, 0.3) is 5.91 Å². The molecular formula is C15H11ClN4O. The van der Waals surface area contributed by atoms with E-state index in [1.54, 1.807) is 42.7 Å². The molecule has 0 atom stereocenters. The first-order valence-corrected chi connectivity index (χ1v) is 6.63. The monoisotopic (exact) mass is 298 g/mol. The zero-order valence-corrected chi connectivity index (χ0v) is 11.6. The Morgan fingerprint density at radius 1 is 1.19 bits per heavy atom. The molecule has 5 nitrogen and oxygen atoms in total. The van der Waals surface area contributed by atoms with Gasteiger partial charge in [-0.25, -0.2) is 0 Å². The highest BCUT2D eigenvalue weighted by molar-refractivity contribution is 6.30. The quantitative estimate of drug-likeness (QED) is 0.778. The van der Waals surface area contributed by atoms with Crippen LogP contribution < -0.4 is 5.32 Å². The number of hydrogen-bond donors (Lipinski definition) is 2. The molecular weight excluding hydrogens is 288 g/mol. The number of nitrogens with zero attached hydrogens (tertiary/aromatic N) is 2. The van der Waals surface area contributed by atoms with Crippen LogP contribution in [0.1, 0.15) is 10.5 Å². The van der Waals surface area contributed by atoms with Gasteiger partial charge in [-0.3, -0.25) is 14.9 Å². The van der Waals surface area contributed by atoms with Crippen LogP contribution in [0.3, 0.4) is 0 Å². The molecule has 6 heteroatoms. The molecule has 0 bridgehead atoms. The molecule has 2 heterocycles. The second kappa shape index (κ2) is 5.76. The average molecular weight is 299 g/mol. The minimum absolute atomic E-state index is 0.278. The number of halogens is 1. The van der Waals surface area contributed by atoms with E-state index in [4.69, 9.17) is 11.6 Å². The second-order valence-corrected chi connectivity index (χ2v) is 4.81. The highest BCUT2D eigenvalue weighted by atomic mass is 35.5. The van der Waals surface area contributed by atoms with E-state index in [2.05, 4.69) is 20.5 Å². The molecule has 104 valence electrons. The largest absolute Gasteiger partial charge is 0.321 e. The lowest BCUT2D eigenvalue weighted by molar-refractivity contribution is 0.102. The smallest absolute Gasteiger partial charge is 0.273 e. The highest BCUT2D eigenvalue weighted by Gasteiger charge is 2.11. The van der Waals surface area contributed by atoms with Gasteiger partial charge in [0, 0.05) is 28.7 Å². The Morgan fingerprint density at radius 2 is 2.10 bits per heavy atom. The Hall–Kier alpha value is -2.66. The number of nitrogens with one attached hydrogen (secondary N) is 2. The summed E-state index contributed by atoms with van der Waals surface area (Å²) in [5.41, 5.74) is 2.51. The molecule has 2 aromatic heterocycles. The summed E-state index contributed by atoms with van der Waals surface area (Å²) in [5, 5.41) is 10.1. The lowest BCUT2D eigenvalue weighted by atomic mass is 10.2. The third kappa shape index (κ3) is 3.09. The number of hydrogen-bond acceptors (Lipinski definition) is 3. The van der Waals surface area contributed by atoms with Gasteiger partial charge in [0.2, 0.25) is 0 Å². The number of carbonyl (C=O) groups excluding carboxylic acids is 1. The van der Waals surface area contributed by atoms with Gasteiger partial charge in [-0.1, -0.05) is 17.7 Å². The summed E-state index contributed by atoms with van der Waals surface area (Å²) in [6.07, 6.45) is 3.37. The summed E-state index contributed by atoms with van der Waals surface area (Å²) in [6.45, 7) is 0. The molecule has 0 aliphatic heterocycles. The van der Waals surface area contributed by atoms with Gasteiger partial charge in [0.05, 0.1) is 5.69 Å². The molecule has 0 radical (unpaired) electrons. The van der Waals surface area contributed by atoms with Crippen LogP contribution in [-0.2, 0) is 0 Å². The Bertz CT molecular complexity index is 770. The zero-order chi connectivity index (χ0) is 14.7. The van der Waals surface area contributed by atoms with Crippen molar-refractivity contribution in [3.8, 4) is 11.3 Å². The average Bonchev–Trinajstić information content (AvgIpc) is 2.98. The lowest BCUT2D eigenvalue weighted by Crippen LogP contribution is -2.12. The summed E-state index contributed by atoms with van der Waals surface area (Å²) >= 11 is 5.88. The molecule has 3 aromatic rings. The summed E-state index contributed by atoms with van der Waals surface area (Å²) in [6, 6.07) is 12.3. The van der Waals surface area contributed by atoms with Crippen LogP contribution in [-0.4, -0.2) is 21.1 Å². The SMILES string of the molecule is O=C(Nc1cccc(Cl)c1)c1cc(-c2cccnc2)n[nH]1. The lowest BCUT2D eigenvalue weighted by Gasteiger charge is -2.03. The topological polar surface area (TPSA) is 70.7 Å². The fourth-order valence-electron chi connectivity index (χ4n) is 1.86. The standard InChI is InChI=1S/C15H11ClN4O/c16-11-4-1-5-12(7-11)18-15(21)14-8-13(19-20-14)10-3-2-6-17-9-10/h1-9H,(H,18,21)(H,19,20). The Labute approximate surface area is 126 Å². The summed E-state index contributed by atoms with van der Waals surface area (Å²) < 4.78 is 0. The Balaban J connectivity index is 1.78. The van der Waals surface area contributed by atoms with Gasteiger partial charge >= 0.3 is 0 Å². The first kappa shape index (κ1) is 13.3. The molecule has 0 aliphatic carbocycles. The van der Waals surface area contributed by atoms with Gasteiger partial charge in [0.15, 0.2) is 0 Å². The van der Waals surface area contributed by atoms with Gasteiger partial charge in [-0.2, -0.15) is 5.10 Å². The maximum atomic E-state index is 12.1. The number of anilines is 1. The number of H-pyrrole nitrogens is 1. The van der Waals surface area contributed by atoms with Gasteiger partial charge in [-0.05, 0) is 36.4 Å². The molecule has 1 amide bonds. The molecule has 2 N–H and O–H groups in total. The number of aromatic amines is 1. The van der Waals surface area contributed by atoms with Crippen molar-refractivity contribution in [1.82, 2.24) is 15.2 Å². The van der Waals surface area contributed by atoms with Crippen LogP contribution in [0.25, 0.3) is 11.3 Å². The Morgan fingerprint density at radius 3 is 2.86 bits per heavy atom. The number of aromatic nitrogens is 3. The van der Waals surface area contributed by atoms with E-state index in [1.165, 1.54) is 0 Å². The molecule has 0 unspecified atom stereocenters. The summed E-state index contributed by atoms with van der Waals surface area (Å²) in [5.74, 6) is -0.278. The molecule has 0 saturated carbocycles. The first-order chi connectivity index (χ1) is 10.2. The third-order valence-corrected chi connectivity index (χ3v) is 3.10. The second-order valence-electron chi connectivity index (χ2n) is 4.37. The van der Waals surface area contributed by atoms with Crippen molar-refractivity contribution < 1.29 is 4.79 Å². The Kier molecular flexibility index (Phi) is 3.66. The molecule has 0 aliphatic rings. The van der Waals surface area contributed by atoms with E-state index in [0.29, 0.717) is 22.1 Å². The van der Waals surface area contributed by atoms with Crippen molar-refractivity contribution in [3.63, 3.8) is 0 Å². The molecule has 1 aromatic carbocycles. The predicted octanol–water partition coefficient (Wildman–Crippen LogP) is 3.38. The van der Waals surface area contributed by atoms with Crippen LogP contribution >= 0.6 is 11.6 Å². The molecule has 0 fully saturated rings. The van der Waals surface area contributed by atoms with Crippen LogP contribution in [0, 0.1) is 0 Å². The van der Waals surface area contributed by atoms with Crippen LogP contribution in [0.4, 0.5) is 5.69 Å². The van der Waals surface area contributed by atoms with Crippen LogP contribution in [0.15, 0.2) is 54.9 Å². The molecule has 21 heavy (non-hydrogen) atoms. The van der Waals surface area contributed by atoms with Crippen molar-refractivity contribution in [2.45, 2.75) is 0 Å². The number of pyridine rings is 1. The van der Waals surface area contributed by atoms with E-state index in [0.717, 1.165) is 5.56 Å². The summed E-state index contributed by atoms with van der Waals surface area (Å²) in [4.78, 5) is 16.2. The van der Waals surface area contributed by atoms with Crippen molar-refractivity contribution in [3.05, 3.63) is 65.6 Å². The van der Waals surface area contributed by atoms with Gasteiger partial charge < -0.3 is 5.32 Å². The van der Waals surface area contributed by atoms with Crippen LogP contribution in [0.2, 0.25) is 5.02 Å². The van der Waals surface area contributed by atoms with E-state index < -0.39 is 0 Å². The summed E-state index contributed by atoms with van der Waals surface area (Å²) in [7, 11) is 0. The van der Waals surface area contributed by atoms with Crippen molar-refractivity contribution in [1.29, 1.82) is 0 Å². The zero-order valence-electron chi connectivity index (χ0n) is 10.9. The van der Waals surface area contributed by atoms with E-state index in [1.807, 2.05) is 12.1 Å². The van der Waals surface area contributed by atoms with E-state index in [-0.39, 0.29) is 5.91 Å². The van der Waals surface area contributed by atoms with Crippen LogP contribution in [0.5, 0.6) is 0 Å². The normalized spacial score (nSPS) is 10.3. The fourth-order valence-corrected chi connectivity index (χ4v) is 2.06. The van der Waals surface area contributed by atoms with Crippen molar-refractivity contribution in [2.24, 2.45) is 0 Å². The third-order valence-electron chi connectivity index (χ3n) is 2.86. The minimum Gasteiger partial charge on any atom is -0.321 e.